The molecule has 1 aliphatic heterocycles. The summed E-state index contributed by atoms with van der Waals surface area (Å²) in [5.74, 6) is 0.572. The number of aryl methyl sites for hydroxylation is 2. The Labute approximate surface area is 155 Å². The van der Waals surface area contributed by atoms with Gasteiger partial charge in [-0.25, -0.2) is 9.97 Å². The van der Waals surface area contributed by atoms with Crippen molar-refractivity contribution >= 4 is 39.0 Å². The summed E-state index contributed by atoms with van der Waals surface area (Å²) in [6, 6.07) is 9.91. The number of morpholine rings is 1. The molecule has 1 aromatic carbocycles. The molecule has 0 atom stereocenters. The van der Waals surface area contributed by atoms with Crippen molar-refractivity contribution in [1.82, 2.24) is 9.97 Å². The fourth-order valence-corrected chi connectivity index (χ4v) is 4.01. The minimum absolute atomic E-state index is 0.125. The molecule has 1 aliphatic rings. The number of hydrogen-bond donors (Lipinski definition) is 1. The Morgan fingerprint density at radius 2 is 1.85 bits per heavy atom. The van der Waals surface area contributed by atoms with Gasteiger partial charge in [0.05, 0.1) is 35.2 Å². The monoisotopic (exact) mass is 368 g/mol. The molecule has 0 radical (unpaired) electrons. The molecule has 0 bridgehead atoms. The first-order valence-corrected chi connectivity index (χ1v) is 9.41. The first-order valence-electron chi connectivity index (χ1n) is 8.59. The van der Waals surface area contributed by atoms with Gasteiger partial charge >= 0.3 is 0 Å². The topological polar surface area (TPSA) is 67.3 Å². The van der Waals surface area contributed by atoms with Gasteiger partial charge in [0.25, 0.3) is 5.91 Å². The van der Waals surface area contributed by atoms with E-state index in [2.05, 4.69) is 20.2 Å². The van der Waals surface area contributed by atoms with Gasteiger partial charge in [0.1, 0.15) is 0 Å². The number of amides is 1. The molecule has 1 amide bonds. The predicted octanol–water partition coefficient (Wildman–Crippen LogP) is 3.40. The third kappa shape index (κ3) is 3.27. The summed E-state index contributed by atoms with van der Waals surface area (Å²) in [6.07, 6.45) is 0. The van der Waals surface area contributed by atoms with E-state index in [0.717, 1.165) is 34.6 Å². The molecule has 0 saturated carbocycles. The molecule has 2 aromatic heterocycles. The number of aromatic nitrogens is 2. The highest BCUT2D eigenvalue weighted by Crippen LogP contribution is 2.27. The van der Waals surface area contributed by atoms with Crippen molar-refractivity contribution in [2.75, 3.05) is 36.5 Å². The van der Waals surface area contributed by atoms with E-state index in [1.807, 2.05) is 44.2 Å². The molecule has 3 heterocycles. The SMILES string of the molecule is Cc1nc(N2CCOCC2)nc(C)c1NC(=O)c1cc2ccccc2s1. The number of rotatable bonds is 3. The quantitative estimate of drug-likeness (QED) is 0.767. The van der Waals surface area contributed by atoms with Gasteiger partial charge in [0.15, 0.2) is 0 Å². The van der Waals surface area contributed by atoms with Crippen LogP contribution in [0.5, 0.6) is 0 Å². The number of anilines is 2. The lowest BCUT2D eigenvalue weighted by atomic mass is 10.2. The second-order valence-electron chi connectivity index (χ2n) is 6.27. The first kappa shape index (κ1) is 16.9. The highest BCUT2D eigenvalue weighted by atomic mass is 32.1. The first-order chi connectivity index (χ1) is 12.6. The van der Waals surface area contributed by atoms with E-state index in [1.165, 1.54) is 11.3 Å². The second kappa shape index (κ2) is 7.01. The van der Waals surface area contributed by atoms with Crippen molar-refractivity contribution in [1.29, 1.82) is 0 Å². The Morgan fingerprint density at radius 1 is 1.15 bits per heavy atom. The molecule has 0 aliphatic carbocycles. The molecule has 6 nitrogen and oxygen atoms in total. The second-order valence-corrected chi connectivity index (χ2v) is 7.36. The van der Waals surface area contributed by atoms with Crippen LogP contribution in [0.15, 0.2) is 30.3 Å². The van der Waals surface area contributed by atoms with E-state index in [1.54, 1.807) is 0 Å². The van der Waals surface area contributed by atoms with E-state index in [0.29, 0.717) is 29.7 Å². The van der Waals surface area contributed by atoms with Crippen LogP contribution in [0, 0.1) is 13.8 Å². The number of fused-ring (bicyclic) bond motifs is 1. The highest BCUT2D eigenvalue weighted by molar-refractivity contribution is 7.20. The Kier molecular flexibility index (Phi) is 4.57. The smallest absolute Gasteiger partial charge is 0.265 e. The predicted molar refractivity (Wildman–Crippen MR) is 104 cm³/mol. The van der Waals surface area contributed by atoms with E-state index >= 15 is 0 Å². The van der Waals surface area contributed by atoms with Crippen LogP contribution in [-0.4, -0.2) is 42.2 Å². The van der Waals surface area contributed by atoms with E-state index in [-0.39, 0.29) is 5.91 Å². The summed E-state index contributed by atoms with van der Waals surface area (Å²) < 4.78 is 6.48. The van der Waals surface area contributed by atoms with Crippen LogP contribution >= 0.6 is 11.3 Å². The number of nitrogens with one attached hydrogen (secondary N) is 1. The van der Waals surface area contributed by atoms with Crippen molar-refractivity contribution in [3.63, 3.8) is 0 Å². The van der Waals surface area contributed by atoms with Crippen molar-refractivity contribution in [3.8, 4) is 0 Å². The molecular weight excluding hydrogens is 348 g/mol. The van der Waals surface area contributed by atoms with Gasteiger partial charge in [0.2, 0.25) is 5.95 Å². The zero-order chi connectivity index (χ0) is 18.1. The molecule has 4 rings (SSSR count). The van der Waals surface area contributed by atoms with Crippen LogP contribution in [0.4, 0.5) is 11.6 Å². The van der Waals surface area contributed by atoms with Crippen molar-refractivity contribution < 1.29 is 9.53 Å². The summed E-state index contributed by atoms with van der Waals surface area (Å²) in [5.41, 5.74) is 2.23. The van der Waals surface area contributed by atoms with Crippen LogP contribution < -0.4 is 10.2 Å². The highest BCUT2D eigenvalue weighted by Gasteiger charge is 2.19. The number of thiophene rings is 1. The summed E-state index contributed by atoms with van der Waals surface area (Å²) >= 11 is 1.49. The van der Waals surface area contributed by atoms with Crippen LogP contribution in [0.2, 0.25) is 0 Å². The molecular formula is C19H20N4O2S. The van der Waals surface area contributed by atoms with Gasteiger partial charge in [0, 0.05) is 17.8 Å². The molecule has 26 heavy (non-hydrogen) atoms. The summed E-state index contributed by atoms with van der Waals surface area (Å²) in [6.45, 7) is 6.74. The summed E-state index contributed by atoms with van der Waals surface area (Å²) in [5, 5.41) is 4.07. The van der Waals surface area contributed by atoms with Crippen molar-refractivity contribution in [3.05, 3.63) is 46.6 Å². The molecule has 7 heteroatoms. The Morgan fingerprint density at radius 3 is 2.54 bits per heavy atom. The molecule has 0 unspecified atom stereocenters. The molecule has 1 fully saturated rings. The number of carbonyl (C=O) groups is 1. The summed E-state index contributed by atoms with van der Waals surface area (Å²) in [7, 11) is 0. The van der Waals surface area contributed by atoms with Gasteiger partial charge in [-0.1, -0.05) is 18.2 Å². The maximum absolute atomic E-state index is 12.7. The number of nitrogens with zero attached hydrogens (tertiary/aromatic N) is 3. The maximum Gasteiger partial charge on any atom is 0.265 e. The fraction of sp³-hybridized carbons (Fsp3) is 0.316. The van der Waals surface area contributed by atoms with Gasteiger partial charge < -0.3 is 15.0 Å². The zero-order valence-corrected chi connectivity index (χ0v) is 15.6. The van der Waals surface area contributed by atoms with Crippen molar-refractivity contribution in [2.24, 2.45) is 0 Å². The third-order valence-corrected chi connectivity index (χ3v) is 5.56. The largest absolute Gasteiger partial charge is 0.378 e. The van der Waals surface area contributed by atoms with Gasteiger partial charge in [-0.05, 0) is 31.4 Å². The van der Waals surface area contributed by atoms with Gasteiger partial charge in [-0.2, -0.15) is 0 Å². The third-order valence-electron chi connectivity index (χ3n) is 4.44. The van der Waals surface area contributed by atoms with E-state index < -0.39 is 0 Å². The lowest BCUT2D eigenvalue weighted by Crippen LogP contribution is -2.37. The van der Waals surface area contributed by atoms with E-state index in [4.69, 9.17) is 4.74 Å². The fourth-order valence-electron chi connectivity index (χ4n) is 3.05. The average Bonchev–Trinajstić information content (AvgIpc) is 3.09. The molecule has 1 N–H and O–H groups in total. The Bertz CT molecular complexity index is 907. The normalized spacial score (nSPS) is 14.6. The molecule has 0 spiro atoms. The zero-order valence-electron chi connectivity index (χ0n) is 14.8. The number of hydrogen-bond acceptors (Lipinski definition) is 6. The maximum atomic E-state index is 12.7. The van der Waals surface area contributed by atoms with Gasteiger partial charge in [-0.15, -0.1) is 11.3 Å². The van der Waals surface area contributed by atoms with E-state index in [9.17, 15) is 4.79 Å². The lowest BCUT2D eigenvalue weighted by molar-refractivity contribution is 0.103. The number of benzene rings is 1. The summed E-state index contributed by atoms with van der Waals surface area (Å²) in [4.78, 5) is 24.7. The minimum Gasteiger partial charge on any atom is -0.378 e. The Hall–Kier alpha value is -2.51. The van der Waals surface area contributed by atoms with Crippen LogP contribution in [0.25, 0.3) is 10.1 Å². The molecule has 134 valence electrons. The van der Waals surface area contributed by atoms with Gasteiger partial charge in [-0.3, -0.25) is 4.79 Å². The standard InChI is InChI=1S/C19H20N4O2S/c1-12-17(13(2)21-19(20-12)23-7-9-25-10-8-23)22-18(24)16-11-14-5-3-4-6-15(14)26-16/h3-6,11H,7-10H2,1-2H3,(H,22,24). The van der Waals surface area contributed by atoms with Crippen LogP contribution in [0.3, 0.4) is 0 Å². The number of ether oxygens (including phenoxy) is 1. The van der Waals surface area contributed by atoms with Crippen molar-refractivity contribution in [2.45, 2.75) is 13.8 Å². The molecule has 1 saturated heterocycles. The number of carbonyl (C=O) groups excluding carboxylic acids is 1. The minimum atomic E-state index is -0.125. The van der Waals surface area contributed by atoms with Crippen LogP contribution in [-0.2, 0) is 4.74 Å². The van der Waals surface area contributed by atoms with Crippen LogP contribution in [0.1, 0.15) is 21.1 Å². The molecule has 3 aromatic rings. The Balaban J connectivity index is 1.58. The average molecular weight is 368 g/mol. The lowest BCUT2D eigenvalue weighted by Gasteiger charge is -2.27.